The van der Waals surface area contributed by atoms with E-state index >= 15 is 0 Å². The minimum absolute atomic E-state index is 0.0283. The highest BCUT2D eigenvalue weighted by molar-refractivity contribution is 7.89. The first kappa shape index (κ1) is 18.3. The highest BCUT2D eigenvalue weighted by Gasteiger charge is 2.31. The summed E-state index contributed by atoms with van der Waals surface area (Å²) >= 11 is 0. The van der Waals surface area contributed by atoms with E-state index in [-0.39, 0.29) is 17.3 Å². The molecule has 0 unspecified atom stereocenters. The summed E-state index contributed by atoms with van der Waals surface area (Å²) in [7, 11) is -3.61. The minimum Gasteiger partial charge on any atom is -0.348 e. The van der Waals surface area contributed by atoms with Crippen molar-refractivity contribution in [3.63, 3.8) is 0 Å². The zero-order valence-corrected chi connectivity index (χ0v) is 15.4. The lowest BCUT2D eigenvalue weighted by Crippen LogP contribution is -2.34. The smallest absolute Gasteiger partial charge is 0.240 e. The van der Waals surface area contributed by atoms with Crippen LogP contribution < -0.4 is 9.62 Å². The second kappa shape index (κ2) is 7.03. The van der Waals surface area contributed by atoms with Gasteiger partial charge in [-0.15, -0.1) is 0 Å². The van der Waals surface area contributed by atoms with Crippen LogP contribution in [0.15, 0.2) is 23.1 Å². The molecule has 1 saturated heterocycles. The highest BCUT2D eigenvalue weighted by Crippen LogP contribution is 2.29. The van der Waals surface area contributed by atoms with Crippen LogP contribution in [0.3, 0.4) is 0 Å². The Labute approximate surface area is 148 Å². The summed E-state index contributed by atoms with van der Waals surface area (Å²) in [6, 6.07) is 4.93. The summed E-state index contributed by atoms with van der Waals surface area (Å²) in [5, 5.41) is 0. The molecule has 1 fully saturated rings. The zero-order chi connectivity index (χ0) is 18.1. The largest absolute Gasteiger partial charge is 0.348 e. The van der Waals surface area contributed by atoms with Gasteiger partial charge >= 0.3 is 0 Å². The number of sulfonamides is 1. The zero-order valence-electron chi connectivity index (χ0n) is 14.6. The van der Waals surface area contributed by atoms with Crippen LogP contribution in [0.4, 0.5) is 5.69 Å². The van der Waals surface area contributed by atoms with Crippen molar-refractivity contribution in [2.75, 3.05) is 31.2 Å². The number of hydrogen-bond acceptors (Lipinski definition) is 5. The van der Waals surface area contributed by atoms with Gasteiger partial charge in [-0.2, -0.15) is 0 Å². The maximum absolute atomic E-state index is 12.5. The molecular weight excluding hydrogens is 344 g/mol. The number of benzene rings is 1. The van der Waals surface area contributed by atoms with E-state index in [4.69, 9.17) is 9.47 Å². The molecule has 0 saturated carbocycles. The van der Waals surface area contributed by atoms with Gasteiger partial charge in [0.15, 0.2) is 5.79 Å². The van der Waals surface area contributed by atoms with E-state index in [0.29, 0.717) is 26.2 Å². The number of anilines is 1. The lowest BCUT2D eigenvalue weighted by atomic mass is 10.0. The van der Waals surface area contributed by atoms with Gasteiger partial charge in [-0.3, -0.25) is 4.79 Å². The third-order valence-electron chi connectivity index (χ3n) is 4.63. The third-order valence-corrected chi connectivity index (χ3v) is 6.09. The fraction of sp³-hybridized carbons (Fsp3) is 0.588. The van der Waals surface area contributed by atoms with Gasteiger partial charge in [0.25, 0.3) is 0 Å². The topological polar surface area (TPSA) is 84.9 Å². The van der Waals surface area contributed by atoms with Crippen molar-refractivity contribution < 1.29 is 22.7 Å². The summed E-state index contributed by atoms with van der Waals surface area (Å²) in [6.07, 6.45) is 2.04. The quantitative estimate of drug-likeness (QED) is 0.850. The first-order valence-corrected chi connectivity index (χ1v) is 9.98. The molecule has 2 aliphatic heterocycles. The SMILES string of the molecule is CC(=O)N1CCCc2cc(S(=O)(=O)NCCC3(C)OCCO3)ccc21. The molecule has 7 nitrogen and oxygen atoms in total. The van der Waals surface area contributed by atoms with Crippen molar-refractivity contribution in [2.24, 2.45) is 0 Å². The van der Waals surface area contributed by atoms with Crippen molar-refractivity contribution in [3.05, 3.63) is 23.8 Å². The Hall–Kier alpha value is -1.48. The van der Waals surface area contributed by atoms with Crippen molar-refractivity contribution in [2.45, 2.75) is 43.8 Å². The molecule has 8 heteroatoms. The molecule has 0 spiro atoms. The van der Waals surface area contributed by atoms with E-state index in [2.05, 4.69) is 4.72 Å². The van der Waals surface area contributed by atoms with Gasteiger partial charge in [-0.25, -0.2) is 13.1 Å². The van der Waals surface area contributed by atoms with Gasteiger partial charge < -0.3 is 14.4 Å². The van der Waals surface area contributed by atoms with Crippen molar-refractivity contribution in [1.82, 2.24) is 4.72 Å². The van der Waals surface area contributed by atoms with E-state index in [1.807, 2.05) is 6.92 Å². The predicted molar refractivity (Wildman–Crippen MR) is 92.9 cm³/mol. The first-order valence-electron chi connectivity index (χ1n) is 8.49. The summed E-state index contributed by atoms with van der Waals surface area (Å²) in [6.45, 7) is 5.29. The van der Waals surface area contributed by atoms with Crippen molar-refractivity contribution in [1.29, 1.82) is 0 Å². The minimum atomic E-state index is -3.61. The number of aryl methyl sites for hydroxylation is 1. The van der Waals surface area contributed by atoms with Gasteiger partial charge in [-0.1, -0.05) is 0 Å². The third kappa shape index (κ3) is 4.03. The first-order chi connectivity index (χ1) is 11.8. The molecule has 1 aromatic rings. The number of nitrogens with one attached hydrogen (secondary N) is 1. The normalized spacial score (nSPS) is 19.7. The lowest BCUT2D eigenvalue weighted by Gasteiger charge is -2.29. The number of carbonyl (C=O) groups is 1. The predicted octanol–water partition coefficient (Wildman–Crippen LogP) is 1.42. The number of fused-ring (bicyclic) bond motifs is 1. The van der Waals surface area contributed by atoms with Crippen LogP contribution >= 0.6 is 0 Å². The van der Waals surface area contributed by atoms with E-state index in [9.17, 15) is 13.2 Å². The molecule has 2 aliphatic rings. The summed E-state index contributed by atoms with van der Waals surface area (Å²) in [4.78, 5) is 13.6. The molecule has 138 valence electrons. The molecule has 1 N–H and O–H groups in total. The number of amides is 1. The average Bonchev–Trinajstić information content (AvgIpc) is 3.00. The Balaban J connectivity index is 1.71. The number of nitrogens with zero attached hydrogens (tertiary/aromatic N) is 1. The highest BCUT2D eigenvalue weighted by atomic mass is 32.2. The molecule has 0 radical (unpaired) electrons. The molecule has 1 amide bonds. The Morgan fingerprint density at radius 1 is 1.32 bits per heavy atom. The Morgan fingerprint density at radius 2 is 2.04 bits per heavy atom. The maximum Gasteiger partial charge on any atom is 0.240 e. The van der Waals surface area contributed by atoms with E-state index in [1.165, 1.54) is 6.92 Å². The van der Waals surface area contributed by atoms with Gasteiger partial charge in [-0.05, 0) is 43.5 Å². The molecule has 0 atom stereocenters. The standard InChI is InChI=1S/C17H24N2O5S/c1-13(20)19-9-3-4-14-12-15(5-6-16(14)19)25(21,22)18-8-7-17(2)23-10-11-24-17/h5-6,12,18H,3-4,7-11H2,1-2H3. The van der Waals surface area contributed by atoms with Gasteiger partial charge in [0.05, 0.1) is 18.1 Å². The number of hydrogen-bond donors (Lipinski definition) is 1. The fourth-order valence-corrected chi connectivity index (χ4v) is 4.35. The molecule has 3 rings (SSSR count). The monoisotopic (exact) mass is 368 g/mol. The van der Waals surface area contributed by atoms with Crippen LogP contribution in [0.1, 0.15) is 32.3 Å². The van der Waals surface area contributed by atoms with Crippen molar-refractivity contribution >= 4 is 21.6 Å². The van der Waals surface area contributed by atoms with E-state index in [0.717, 1.165) is 24.1 Å². The summed E-state index contributed by atoms with van der Waals surface area (Å²) in [5.74, 6) is -0.750. The number of rotatable bonds is 5. The average molecular weight is 368 g/mol. The number of carbonyl (C=O) groups excluding carboxylic acids is 1. The molecule has 25 heavy (non-hydrogen) atoms. The van der Waals surface area contributed by atoms with Crippen LogP contribution in [0.25, 0.3) is 0 Å². The van der Waals surface area contributed by atoms with Crippen molar-refractivity contribution in [3.8, 4) is 0 Å². The van der Waals surface area contributed by atoms with Gasteiger partial charge in [0, 0.05) is 32.1 Å². The van der Waals surface area contributed by atoms with Gasteiger partial charge in [0.1, 0.15) is 0 Å². The lowest BCUT2D eigenvalue weighted by molar-refractivity contribution is -0.145. The maximum atomic E-state index is 12.5. The van der Waals surface area contributed by atoms with Crippen LogP contribution in [-0.2, 0) is 30.7 Å². The molecule has 1 aromatic carbocycles. The van der Waals surface area contributed by atoms with Crippen LogP contribution in [0.2, 0.25) is 0 Å². The summed E-state index contributed by atoms with van der Waals surface area (Å²) < 4.78 is 38.6. The molecule has 0 aromatic heterocycles. The van der Waals surface area contributed by atoms with Crippen LogP contribution in [0, 0.1) is 0 Å². The van der Waals surface area contributed by atoms with Crippen LogP contribution in [-0.4, -0.2) is 46.4 Å². The van der Waals surface area contributed by atoms with E-state index in [1.54, 1.807) is 23.1 Å². The second-order valence-electron chi connectivity index (χ2n) is 6.54. The summed E-state index contributed by atoms with van der Waals surface area (Å²) in [5.41, 5.74) is 1.69. The molecular formula is C17H24N2O5S. The fourth-order valence-electron chi connectivity index (χ4n) is 3.26. The Kier molecular flexibility index (Phi) is 5.15. The van der Waals surface area contributed by atoms with E-state index < -0.39 is 15.8 Å². The second-order valence-corrected chi connectivity index (χ2v) is 8.31. The molecule has 0 aliphatic carbocycles. The van der Waals surface area contributed by atoms with Gasteiger partial charge in [0.2, 0.25) is 15.9 Å². The Morgan fingerprint density at radius 3 is 2.72 bits per heavy atom. The Bertz CT molecular complexity index is 756. The van der Waals surface area contributed by atoms with Crippen LogP contribution in [0.5, 0.6) is 0 Å². The number of ether oxygens (including phenoxy) is 2. The molecule has 2 heterocycles. The molecule has 0 bridgehead atoms.